The van der Waals surface area contributed by atoms with Crippen molar-refractivity contribution >= 4 is 5.97 Å². The van der Waals surface area contributed by atoms with E-state index in [1.54, 1.807) is 0 Å². The molecule has 124 valence electrons. The van der Waals surface area contributed by atoms with Gasteiger partial charge in [0.1, 0.15) is 5.54 Å². The molecule has 1 saturated heterocycles. The van der Waals surface area contributed by atoms with Gasteiger partial charge in [0, 0.05) is 6.04 Å². The largest absolute Gasteiger partial charge is 0.465 e. The fourth-order valence-corrected chi connectivity index (χ4v) is 3.37. The molecular weight excluding hydrogens is 264 g/mol. The number of ether oxygens (including phenoxy) is 1. The molecule has 0 spiro atoms. The van der Waals surface area contributed by atoms with Crippen LogP contribution in [0.3, 0.4) is 0 Å². The monoisotopic (exact) mass is 298 g/mol. The molecule has 0 amide bonds. The number of hydrogen-bond donors (Lipinski definition) is 1. The van der Waals surface area contributed by atoms with Gasteiger partial charge in [0.15, 0.2) is 0 Å². The van der Waals surface area contributed by atoms with Crippen molar-refractivity contribution in [1.29, 1.82) is 0 Å². The highest BCUT2D eigenvalue weighted by Crippen LogP contribution is 2.23. The van der Waals surface area contributed by atoms with E-state index in [0.29, 0.717) is 12.6 Å². The van der Waals surface area contributed by atoms with Crippen molar-refractivity contribution in [1.82, 2.24) is 10.2 Å². The second-order valence-corrected chi connectivity index (χ2v) is 6.70. The second-order valence-electron chi connectivity index (χ2n) is 6.70. The lowest BCUT2D eigenvalue weighted by atomic mass is 9.92. The lowest BCUT2D eigenvalue weighted by Crippen LogP contribution is -2.51. The van der Waals surface area contributed by atoms with Crippen LogP contribution in [0.4, 0.5) is 0 Å². The van der Waals surface area contributed by atoms with E-state index >= 15 is 0 Å². The third kappa shape index (κ3) is 5.59. The molecule has 0 aromatic rings. The number of rotatable bonds is 8. The molecular formula is C17H34N2O2. The molecule has 1 N–H and O–H groups in total. The second kappa shape index (κ2) is 8.74. The Morgan fingerprint density at radius 3 is 2.67 bits per heavy atom. The predicted molar refractivity (Wildman–Crippen MR) is 87.4 cm³/mol. The summed E-state index contributed by atoms with van der Waals surface area (Å²) < 4.78 is 5.22. The number of carbonyl (C=O) groups is 1. The van der Waals surface area contributed by atoms with Crippen molar-refractivity contribution in [2.24, 2.45) is 5.92 Å². The summed E-state index contributed by atoms with van der Waals surface area (Å²) >= 11 is 0. The maximum absolute atomic E-state index is 12.1. The first-order chi connectivity index (χ1) is 9.92. The summed E-state index contributed by atoms with van der Waals surface area (Å²) in [6.45, 7) is 14.0. The van der Waals surface area contributed by atoms with Crippen LogP contribution in [0.1, 0.15) is 60.3 Å². The summed E-state index contributed by atoms with van der Waals surface area (Å²) in [7, 11) is 0. The fourth-order valence-electron chi connectivity index (χ4n) is 3.37. The molecule has 0 aliphatic carbocycles. The quantitative estimate of drug-likeness (QED) is 0.700. The number of carbonyl (C=O) groups excluding carboxylic acids is 1. The maximum atomic E-state index is 12.1. The normalized spacial score (nSPS) is 26.3. The van der Waals surface area contributed by atoms with E-state index in [2.05, 4.69) is 24.1 Å². The molecule has 0 saturated carbocycles. The summed E-state index contributed by atoms with van der Waals surface area (Å²) in [5, 5.41) is 3.31. The topological polar surface area (TPSA) is 41.6 Å². The molecule has 1 aliphatic heterocycles. The molecule has 1 fully saturated rings. The van der Waals surface area contributed by atoms with Gasteiger partial charge in [-0.25, -0.2) is 0 Å². The van der Waals surface area contributed by atoms with Crippen molar-refractivity contribution < 1.29 is 9.53 Å². The average Bonchev–Trinajstić information content (AvgIpc) is 2.42. The van der Waals surface area contributed by atoms with Gasteiger partial charge in [0.25, 0.3) is 0 Å². The summed E-state index contributed by atoms with van der Waals surface area (Å²) in [5.74, 6) is 0.731. The minimum Gasteiger partial charge on any atom is -0.465 e. The van der Waals surface area contributed by atoms with E-state index in [4.69, 9.17) is 4.74 Å². The van der Waals surface area contributed by atoms with Gasteiger partial charge in [-0.1, -0.05) is 13.8 Å². The summed E-state index contributed by atoms with van der Waals surface area (Å²) in [5.41, 5.74) is -0.545. The molecule has 0 aromatic carbocycles. The molecule has 0 bridgehead atoms. The van der Waals surface area contributed by atoms with E-state index in [9.17, 15) is 4.79 Å². The third-order valence-corrected chi connectivity index (χ3v) is 4.69. The number of nitrogens with one attached hydrogen (secondary N) is 1. The number of piperidine rings is 1. The molecule has 0 radical (unpaired) electrons. The number of nitrogens with zero attached hydrogens (tertiary/aromatic N) is 1. The lowest BCUT2D eigenvalue weighted by Gasteiger charge is -2.37. The minimum atomic E-state index is -0.545. The zero-order chi connectivity index (χ0) is 15.9. The Morgan fingerprint density at radius 2 is 2.10 bits per heavy atom. The van der Waals surface area contributed by atoms with E-state index in [-0.39, 0.29) is 5.97 Å². The molecule has 1 rings (SSSR count). The van der Waals surface area contributed by atoms with E-state index < -0.39 is 5.54 Å². The molecule has 3 unspecified atom stereocenters. The molecule has 4 heteroatoms. The molecule has 1 aliphatic rings. The van der Waals surface area contributed by atoms with E-state index in [1.807, 2.05) is 20.8 Å². The highest BCUT2D eigenvalue weighted by Gasteiger charge is 2.33. The Balaban J connectivity index is 2.44. The first-order valence-electron chi connectivity index (χ1n) is 8.59. The van der Waals surface area contributed by atoms with Crippen LogP contribution in [-0.4, -0.2) is 48.7 Å². The highest BCUT2D eigenvalue weighted by atomic mass is 16.5. The first-order valence-corrected chi connectivity index (χ1v) is 8.59. The molecule has 3 atom stereocenters. The summed E-state index contributed by atoms with van der Waals surface area (Å²) in [6.07, 6.45) is 4.45. The van der Waals surface area contributed by atoms with Crippen LogP contribution in [0.2, 0.25) is 0 Å². The van der Waals surface area contributed by atoms with Crippen molar-refractivity contribution in [3.8, 4) is 0 Å². The zero-order valence-electron chi connectivity index (χ0n) is 14.6. The Morgan fingerprint density at radius 1 is 1.38 bits per heavy atom. The van der Waals surface area contributed by atoms with Crippen LogP contribution >= 0.6 is 0 Å². The standard InChI is InChI=1S/C17H34N2O2/c1-6-18-17(5,16(20)21-7-2)10-8-11-19-12-9-14(3)13-15(19)4/h14-15,18H,6-13H2,1-5H3. The predicted octanol–water partition coefficient (Wildman–Crippen LogP) is 2.82. The summed E-state index contributed by atoms with van der Waals surface area (Å²) in [4.78, 5) is 14.7. The molecule has 0 aromatic heterocycles. The van der Waals surface area contributed by atoms with Crippen LogP contribution in [0.15, 0.2) is 0 Å². The average molecular weight is 298 g/mol. The van der Waals surface area contributed by atoms with Crippen LogP contribution in [0, 0.1) is 5.92 Å². The number of likely N-dealkylation sites (tertiary alicyclic amines) is 1. The van der Waals surface area contributed by atoms with Crippen molar-refractivity contribution in [2.75, 3.05) is 26.2 Å². The van der Waals surface area contributed by atoms with Crippen molar-refractivity contribution in [3.05, 3.63) is 0 Å². The van der Waals surface area contributed by atoms with Gasteiger partial charge in [-0.05, 0) is 72.0 Å². The van der Waals surface area contributed by atoms with Crippen LogP contribution in [-0.2, 0) is 9.53 Å². The number of esters is 1. The number of likely N-dealkylation sites (N-methyl/N-ethyl adjacent to an activating group) is 1. The molecule has 4 nitrogen and oxygen atoms in total. The Hall–Kier alpha value is -0.610. The van der Waals surface area contributed by atoms with Crippen molar-refractivity contribution in [3.63, 3.8) is 0 Å². The van der Waals surface area contributed by atoms with Gasteiger partial charge < -0.3 is 15.0 Å². The lowest BCUT2D eigenvalue weighted by molar-refractivity contribution is -0.150. The van der Waals surface area contributed by atoms with Crippen LogP contribution in [0.25, 0.3) is 0 Å². The zero-order valence-corrected chi connectivity index (χ0v) is 14.6. The Bertz CT molecular complexity index is 322. The van der Waals surface area contributed by atoms with Gasteiger partial charge in [0.05, 0.1) is 6.61 Å². The smallest absolute Gasteiger partial charge is 0.326 e. The maximum Gasteiger partial charge on any atom is 0.326 e. The van der Waals surface area contributed by atoms with E-state index in [0.717, 1.165) is 31.8 Å². The summed E-state index contributed by atoms with van der Waals surface area (Å²) in [6, 6.07) is 0.668. The Kier molecular flexibility index (Phi) is 7.67. The third-order valence-electron chi connectivity index (χ3n) is 4.69. The highest BCUT2D eigenvalue weighted by molar-refractivity contribution is 5.80. The van der Waals surface area contributed by atoms with Crippen LogP contribution < -0.4 is 5.32 Å². The van der Waals surface area contributed by atoms with E-state index in [1.165, 1.54) is 19.4 Å². The van der Waals surface area contributed by atoms with Gasteiger partial charge in [0.2, 0.25) is 0 Å². The molecule has 21 heavy (non-hydrogen) atoms. The number of hydrogen-bond acceptors (Lipinski definition) is 4. The molecule has 1 heterocycles. The Labute approximate surface area is 130 Å². The first kappa shape index (κ1) is 18.4. The SMILES string of the molecule is CCNC(C)(CCCN1CCC(C)CC1C)C(=O)OCC. The van der Waals surface area contributed by atoms with Crippen LogP contribution in [0.5, 0.6) is 0 Å². The van der Waals surface area contributed by atoms with Crippen molar-refractivity contribution in [2.45, 2.75) is 71.9 Å². The van der Waals surface area contributed by atoms with Gasteiger partial charge in [-0.15, -0.1) is 0 Å². The van der Waals surface area contributed by atoms with Gasteiger partial charge in [-0.2, -0.15) is 0 Å². The van der Waals surface area contributed by atoms with Gasteiger partial charge in [-0.3, -0.25) is 4.79 Å². The fraction of sp³-hybridized carbons (Fsp3) is 0.941. The van der Waals surface area contributed by atoms with Gasteiger partial charge >= 0.3 is 5.97 Å². The minimum absolute atomic E-state index is 0.118.